The first-order valence-corrected chi connectivity index (χ1v) is 11.4. The van der Waals surface area contributed by atoms with Gasteiger partial charge in [-0.05, 0) is 49.8 Å². The van der Waals surface area contributed by atoms with Gasteiger partial charge in [0.1, 0.15) is 0 Å². The number of hydrogen-bond acceptors (Lipinski definition) is 3. The van der Waals surface area contributed by atoms with Crippen LogP contribution < -0.4 is 0 Å². The summed E-state index contributed by atoms with van der Waals surface area (Å²) in [6, 6.07) is 6.16. The number of ketones is 1. The summed E-state index contributed by atoms with van der Waals surface area (Å²) in [5, 5.41) is 0. The topological polar surface area (TPSA) is 29.4 Å². The molecule has 4 rings (SSSR count). The molecule has 3 heteroatoms. The van der Waals surface area contributed by atoms with Gasteiger partial charge < -0.3 is 0 Å². The van der Waals surface area contributed by atoms with Crippen molar-refractivity contribution in [3.63, 3.8) is 0 Å². The quantitative estimate of drug-likeness (QED) is 0.498. The molecule has 0 atom stereocenters. The molecule has 0 N–H and O–H groups in total. The van der Waals surface area contributed by atoms with Gasteiger partial charge in [-0.1, -0.05) is 62.6 Å². The predicted octanol–water partition coefficient (Wildman–Crippen LogP) is 7.42. The Kier molecular flexibility index (Phi) is 5.97. The molecule has 0 saturated heterocycles. The molecule has 1 heterocycles. The fraction of sp³-hybridized carbons (Fsp3) is 0.500. The van der Waals surface area contributed by atoms with E-state index in [-0.39, 0.29) is 5.78 Å². The summed E-state index contributed by atoms with van der Waals surface area (Å²) in [5.41, 5.74) is 4.61. The Labute approximate surface area is 167 Å². The van der Waals surface area contributed by atoms with Gasteiger partial charge in [0.05, 0.1) is 5.69 Å². The number of rotatable bonds is 5. The second-order valence-corrected chi connectivity index (χ2v) is 9.01. The first-order valence-electron chi connectivity index (χ1n) is 10.6. The Balaban J connectivity index is 1.73. The second-order valence-electron chi connectivity index (χ2n) is 7.93. The largest absolute Gasteiger partial charge is 0.294 e. The van der Waals surface area contributed by atoms with Crippen LogP contribution in [0.2, 0.25) is 0 Å². The van der Waals surface area contributed by atoms with Gasteiger partial charge in [0, 0.05) is 33.4 Å². The van der Waals surface area contributed by atoms with Crippen LogP contribution in [-0.2, 0) is 0 Å². The van der Waals surface area contributed by atoms with Crippen LogP contribution in [0.3, 0.4) is 0 Å². The van der Waals surface area contributed by atoms with Crippen LogP contribution in [-0.4, -0.2) is 11.5 Å². The van der Waals surface area contributed by atoms with Gasteiger partial charge >= 0.3 is 0 Å². The van der Waals surface area contributed by atoms with E-state index in [9.17, 15) is 4.79 Å². The highest BCUT2D eigenvalue weighted by molar-refractivity contribution is 8.03. The molecule has 0 spiro atoms. The molecule has 2 aliphatic carbocycles. The molecular weight excluding hydrogens is 350 g/mol. The highest BCUT2D eigenvalue weighted by Crippen LogP contribution is 2.45. The maximum absolute atomic E-state index is 12.5. The monoisotopic (exact) mass is 379 g/mol. The number of thioether (sulfide) groups is 1. The highest BCUT2D eigenvalue weighted by atomic mass is 32.2. The lowest BCUT2D eigenvalue weighted by Crippen LogP contribution is -2.21. The fourth-order valence-corrected chi connectivity index (χ4v) is 5.44. The van der Waals surface area contributed by atoms with Crippen molar-refractivity contribution < 1.29 is 4.79 Å². The lowest BCUT2D eigenvalue weighted by Gasteiger charge is -2.26. The van der Waals surface area contributed by atoms with E-state index in [2.05, 4.69) is 25.1 Å². The molecule has 1 fully saturated rings. The predicted molar refractivity (Wildman–Crippen MR) is 115 cm³/mol. The van der Waals surface area contributed by atoms with E-state index in [4.69, 9.17) is 4.99 Å². The Morgan fingerprint density at radius 1 is 1.22 bits per heavy atom. The van der Waals surface area contributed by atoms with E-state index < -0.39 is 0 Å². The Bertz CT molecular complexity index is 812. The third-order valence-corrected chi connectivity index (χ3v) is 7.10. The van der Waals surface area contributed by atoms with Crippen molar-refractivity contribution >= 4 is 28.9 Å². The number of benzene rings is 1. The molecule has 3 aliphatic rings. The number of fused-ring (bicyclic) bond motifs is 1. The fourth-order valence-electron chi connectivity index (χ4n) is 4.37. The van der Waals surface area contributed by atoms with Crippen LogP contribution in [0.4, 0.5) is 5.69 Å². The van der Waals surface area contributed by atoms with Crippen LogP contribution in [0.1, 0.15) is 81.5 Å². The van der Waals surface area contributed by atoms with Crippen molar-refractivity contribution in [2.24, 2.45) is 10.9 Å². The molecule has 1 aromatic rings. The lowest BCUT2D eigenvalue weighted by molar-refractivity contribution is 0.0979. The summed E-state index contributed by atoms with van der Waals surface area (Å²) < 4.78 is 0. The van der Waals surface area contributed by atoms with Crippen LogP contribution >= 0.6 is 11.8 Å². The number of hydrogen-bond donors (Lipinski definition) is 0. The SMILES string of the molecule is CCCCC(=O)c1ccc2c(c1)N=C(C1CCCCC1)C1=C(C=CCC1)S2. The number of unbranched alkanes of at least 4 members (excludes halogenated alkanes) is 1. The molecule has 0 amide bonds. The highest BCUT2D eigenvalue weighted by Gasteiger charge is 2.27. The van der Waals surface area contributed by atoms with Crippen LogP contribution in [0.25, 0.3) is 0 Å². The van der Waals surface area contributed by atoms with Crippen molar-refractivity contribution in [3.05, 3.63) is 46.4 Å². The zero-order valence-corrected chi connectivity index (χ0v) is 17.1. The molecule has 1 saturated carbocycles. The summed E-state index contributed by atoms with van der Waals surface area (Å²) >= 11 is 1.83. The normalized spacial score (nSPS) is 20.0. The van der Waals surface area contributed by atoms with Gasteiger partial charge in [-0.2, -0.15) is 0 Å². The number of aliphatic imine (C=N–C) groups is 1. The van der Waals surface area contributed by atoms with E-state index >= 15 is 0 Å². The van der Waals surface area contributed by atoms with Crippen molar-refractivity contribution in [1.29, 1.82) is 0 Å². The minimum absolute atomic E-state index is 0.251. The number of allylic oxidation sites excluding steroid dienone is 3. The maximum Gasteiger partial charge on any atom is 0.162 e. The second kappa shape index (κ2) is 8.60. The molecule has 0 bridgehead atoms. The van der Waals surface area contributed by atoms with Gasteiger partial charge in [0.15, 0.2) is 5.78 Å². The molecule has 1 aromatic carbocycles. The standard InChI is InChI=1S/C24H29NOS/c1-2-3-12-21(26)18-14-15-23-20(16-18)25-24(17-9-5-4-6-10-17)19-11-7-8-13-22(19)27-23/h8,13-17H,2-7,9-12H2,1H3. The van der Waals surface area contributed by atoms with Crippen molar-refractivity contribution in [3.8, 4) is 0 Å². The van der Waals surface area contributed by atoms with E-state index in [0.29, 0.717) is 12.3 Å². The van der Waals surface area contributed by atoms with Gasteiger partial charge in [-0.3, -0.25) is 9.79 Å². The molecule has 0 aromatic heterocycles. The van der Waals surface area contributed by atoms with Gasteiger partial charge in [-0.25, -0.2) is 0 Å². The Hall–Kier alpha value is -1.61. The smallest absolute Gasteiger partial charge is 0.162 e. The first kappa shape index (κ1) is 18.7. The summed E-state index contributed by atoms with van der Waals surface area (Å²) in [5.74, 6) is 0.835. The van der Waals surface area contributed by atoms with Gasteiger partial charge in [0.2, 0.25) is 0 Å². The Morgan fingerprint density at radius 3 is 2.89 bits per heavy atom. The molecule has 0 unspecified atom stereocenters. The number of carbonyl (C=O) groups is 1. The van der Waals surface area contributed by atoms with Crippen LogP contribution in [0.5, 0.6) is 0 Å². The lowest BCUT2D eigenvalue weighted by atomic mass is 9.81. The third kappa shape index (κ3) is 4.13. The van der Waals surface area contributed by atoms with Gasteiger partial charge in [-0.15, -0.1) is 0 Å². The summed E-state index contributed by atoms with van der Waals surface area (Å²) in [7, 11) is 0. The molecule has 2 nitrogen and oxygen atoms in total. The summed E-state index contributed by atoms with van der Waals surface area (Å²) in [4.78, 5) is 20.3. The molecule has 1 aliphatic heterocycles. The van der Waals surface area contributed by atoms with E-state index in [0.717, 1.165) is 36.9 Å². The van der Waals surface area contributed by atoms with Crippen LogP contribution in [0, 0.1) is 5.92 Å². The summed E-state index contributed by atoms with van der Waals surface area (Å²) in [6.45, 7) is 2.13. The molecule has 0 radical (unpaired) electrons. The van der Waals surface area contributed by atoms with Crippen molar-refractivity contribution in [2.45, 2.75) is 76.0 Å². The zero-order chi connectivity index (χ0) is 18.6. The van der Waals surface area contributed by atoms with Crippen molar-refractivity contribution in [2.75, 3.05) is 0 Å². The minimum Gasteiger partial charge on any atom is -0.294 e. The minimum atomic E-state index is 0.251. The third-order valence-electron chi connectivity index (χ3n) is 5.93. The van der Waals surface area contributed by atoms with E-state index in [1.54, 1.807) is 0 Å². The van der Waals surface area contributed by atoms with Crippen molar-refractivity contribution in [1.82, 2.24) is 0 Å². The van der Waals surface area contributed by atoms with Gasteiger partial charge in [0.25, 0.3) is 0 Å². The average molecular weight is 380 g/mol. The van der Waals surface area contributed by atoms with E-state index in [1.807, 2.05) is 23.9 Å². The summed E-state index contributed by atoms with van der Waals surface area (Å²) in [6.07, 6.45) is 16.0. The Morgan fingerprint density at radius 2 is 2.07 bits per heavy atom. The van der Waals surface area contributed by atoms with Crippen LogP contribution in [0.15, 0.2) is 50.7 Å². The molecule has 27 heavy (non-hydrogen) atoms. The number of nitrogens with zero attached hydrogens (tertiary/aromatic N) is 1. The molecule has 142 valence electrons. The first-order chi connectivity index (χ1) is 13.3. The van der Waals surface area contributed by atoms with E-state index in [1.165, 1.54) is 53.2 Å². The number of Topliss-reactive ketones (excluding diaryl/α,β-unsaturated/α-hetero) is 1. The molecular formula is C24H29NOS. The number of carbonyl (C=O) groups excluding carboxylic acids is 1. The maximum atomic E-state index is 12.5. The average Bonchev–Trinajstić information content (AvgIpc) is 2.88. The zero-order valence-electron chi connectivity index (χ0n) is 16.3.